The van der Waals surface area contributed by atoms with Gasteiger partial charge in [-0.2, -0.15) is 0 Å². The fraction of sp³-hybridized carbons (Fsp3) is 0.535. The monoisotopic (exact) mass is 835 g/mol. The fourth-order valence-corrected chi connectivity index (χ4v) is 9.71. The highest BCUT2D eigenvalue weighted by Gasteiger charge is 2.63. The number of aryl methyl sites for hydroxylation is 1. The molecule has 3 aromatic rings. The molecule has 0 radical (unpaired) electrons. The Morgan fingerprint density at radius 2 is 1.73 bits per heavy atom. The standard InChI is InChI=1S/C43H55N7O8S.3H2/c1-7-50-39(53)33-15-11-10-14-32(33)38(46-50)58-31-23-34-37(52)45-43(41(55)47-59(56,57)42(4)20-21-42)24-29(43)13-9-8-12-26(2)22-27(3)35(40(54)49(34)25-31)44-36(51)28-16-18-30(19-17-28)48(5)6;;;/h9-11,13-19,26-27,29,31,34-35H,7-8,12,20-25H2,1-6H3,(H,44,51)(H,45,52)(H,47,55);3*1H/b13-9-;;;/t26-,27-,29-,31-,34+,35+,43-;;;/m1.../s1. The molecule has 0 unspecified atom stereocenters. The van der Waals surface area contributed by atoms with Gasteiger partial charge in [0.05, 0.1) is 22.1 Å². The van der Waals surface area contributed by atoms with Crippen LogP contribution in [0.5, 0.6) is 5.88 Å². The molecule has 3 N–H and O–H groups in total. The van der Waals surface area contributed by atoms with Crippen LogP contribution in [0, 0.1) is 17.8 Å². The number of carbonyl (C=O) groups is 4. The summed E-state index contributed by atoms with van der Waals surface area (Å²) < 4.78 is 35.5. The van der Waals surface area contributed by atoms with E-state index in [2.05, 4.69) is 27.4 Å². The van der Waals surface area contributed by atoms with Crippen molar-refractivity contribution in [2.45, 2.75) is 108 Å². The van der Waals surface area contributed by atoms with Gasteiger partial charge < -0.3 is 25.2 Å². The van der Waals surface area contributed by atoms with Crippen molar-refractivity contribution >= 4 is 50.1 Å². The molecule has 0 spiro atoms. The first kappa shape index (κ1) is 41.9. The molecule has 1 aromatic heterocycles. The smallest absolute Gasteiger partial charge is 0.274 e. The summed E-state index contributed by atoms with van der Waals surface area (Å²) >= 11 is 0. The maximum absolute atomic E-state index is 15.0. The normalized spacial score (nSPS) is 28.5. The van der Waals surface area contributed by atoms with Crippen LogP contribution in [0.1, 0.15) is 87.3 Å². The van der Waals surface area contributed by atoms with Gasteiger partial charge in [0, 0.05) is 48.5 Å². The summed E-state index contributed by atoms with van der Waals surface area (Å²) in [6.07, 6.45) is 6.08. The highest BCUT2D eigenvalue weighted by atomic mass is 32.2. The van der Waals surface area contributed by atoms with Crippen molar-refractivity contribution < 1.29 is 36.6 Å². The Morgan fingerprint density at radius 1 is 1.03 bits per heavy atom. The first-order valence-electron chi connectivity index (χ1n) is 20.6. The second-order valence-electron chi connectivity index (χ2n) is 17.3. The molecule has 4 amide bonds. The molecule has 1 saturated heterocycles. The predicted octanol–water partition coefficient (Wildman–Crippen LogP) is 4.25. The van der Waals surface area contributed by atoms with E-state index in [0.717, 1.165) is 12.1 Å². The zero-order valence-electron chi connectivity index (χ0n) is 34.6. The summed E-state index contributed by atoms with van der Waals surface area (Å²) in [5, 5.41) is 11.3. The summed E-state index contributed by atoms with van der Waals surface area (Å²) in [5.41, 5.74) is -0.565. The van der Waals surface area contributed by atoms with Gasteiger partial charge >= 0.3 is 0 Å². The lowest BCUT2D eigenvalue weighted by molar-refractivity contribution is -0.142. The number of amides is 4. The van der Waals surface area contributed by atoms with E-state index in [1.165, 1.54) is 9.58 Å². The molecule has 16 heteroatoms. The second kappa shape index (κ2) is 16.1. The Balaban J connectivity index is 0.00000282. The molecule has 3 fully saturated rings. The molecule has 2 aliphatic carbocycles. The fourth-order valence-electron chi connectivity index (χ4n) is 8.40. The van der Waals surface area contributed by atoms with Crippen molar-refractivity contribution in [2.75, 3.05) is 25.5 Å². The lowest BCUT2D eigenvalue weighted by Gasteiger charge is -2.33. The Labute approximate surface area is 349 Å². The molecule has 7 atom stereocenters. The maximum atomic E-state index is 15.0. The minimum absolute atomic E-state index is 0. The SMILES string of the molecule is CCn1nc(O[C@@H]2C[C@H]3C(=O)N[C@]4(C(=O)NS(=O)(=O)C5(C)CC5)C[C@H]4/C=C\CC[C@@H](C)C[C@@H](C)[C@H](NC(=O)c4ccc(N(C)C)cc4)C(=O)N3C2)c2ccccc2c1=O.[HH].[HH].[HH]. The zero-order valence-corrected chi connectivity index (χ0v) is 35.4. The van der Waals surface area contributed by atoms with Crippen molar-refractivity contribution in [3.63, 3.8) is 0 Å². The van der Waals surface area contributed by atoms with Crippen molar-refractivity contribution in [1.29, 1.82) is 0 Å². The average molecular weight is 836 g/mol. The minimum Gasteiger partial charge on any atom is -0.471 e. The summed E-state index contributed by atoms with van der Waals surface area (Å²) in [5.74, 6) is -2.91. The molecule has 3 heterocycles. The average Bonchev–Trinajstić information content (AvgIpc) is 4.09. The van der Waals surface area contributed by atoms with Crippen molar-refractivity contribution in [1.82, 2.24) is 30.0 Å². The van der Waals surface area contributed by atoms with E-state index in [9.17, 15) is 27.6 Å². The number of hydrogen-bond donors (Lipinski definition) is 3. The van der Waals surface area contributed by atoms with E-state index in [4.69, 9.17) is 4.74 Å². The van der Waals surface area contributed by atoms with Gasteiger partial charge in [0.25, 0.3) is 17.4 Å². The molecule has 4 aliphatic rings. The van der Waals surface area contributed by atoms with E-state index < -0.39 is 68.0 Å². The van der Waals surface area contributed by atoms with Gasteiger partial charge in [-0.15, -0.1) is 5.10 Å². The number of nitrogens with one attached hydrogen (secondary N) is 3. The van der Waals surface area contributed by atoms with Gasteiger partial charge in [-0.05, 0) is 101 Å². The van der Waals surface area contributed by atoms with Crippen molar-refractivity contribution in [3.05, 3.63) is 76.6 Å². The predicted molar refractivity (Wildman–Crippen MR) is 230 cm³/mol. The number of benzene rings is 2. The molecule has 59 heavy (non-hydrogen) atoms. The van der Waals surface area contributed by atoms with E-state index >= 15 is 4.79 Å². The highest BCUT2D eigenvalue weighted by Crippen LogP contribution is 2.47. The number of aromatic nitrogens is 2. The number of hydrogen-bond acceptors (Lipinski definition) is 10. The first-order valence-corrected chi connectivity index (χ1v) is 22.1. The van der Waals surface area contributed by atoms with Gasteiger partial charge in [0.2, 0.25) is 27.7 Å². The third-order valence-electron chi connectivity index (χ3n) is 12.6. The largest absolute Gasteiger partial charge is 0.471 e. The number of rotatable bonds is 9. The number of sulfonamides is 1. The Bertz CT molecular complexity index is 2360. The third-order valence-corrected chi connectivity index (χ3v) is 14.8. The van der Waals surface area contributed by atoms with E-state index in [1.807, 2.05) is 50.2 Å². The van der Waals surface area contributed by atoms with Crippen molar-refractivity contribution in [3.8, 4) is 5.88 Å². The lowest BCUT2D eigenvalue weighted by Crippen LogP contribution is -2.59. The number of nitrogens with zero attached hydrogens (tertiary/aromatic N) is 4. The molecule has 2 aliphatic heterocycles. The summed E-state index contributed by atoms with van der Waals surface area (Å²) in [6.45, 7) is 7.59. The molecule has 15 nitrogen and oxygen atoms in total. The molecule has 0 bridgehead atoms. The Hall–Kier alpha value is -5.25. The number of ether oxygens (including phenoxy) is 1. The number of carbonyl (C=O) groups excluding carboxylic acids is 4. The quantitative estimate of drug-likeness (QED) is 0.263. The topological polar surface area (TPSA) is 189 Å². The van der Waals surface area contributed by atoms with Crippen LogP contribution in [0.3, 0.4) is 0 Å². The van der Waals surface area contributed by atoms with Crippen LogP contribution in [0.15, 0.2) is 65.5 Å². The molecular weight excluding hydrogens is 775 g/mol. The third kappa shape index (κ3) is 8.32. The summed E-state index contributed by atoms with van der Waals surface area (Å²) in [7, 11) is -0.224. The van der Waals surface area contributed by atoms with Gasteiger partial charge in [0.1, 0.15) is 23.7 Å². The number of fused-ring (bicyclic) bond motifs is 3. The van der Waals surface area contributed by atoms with Crippen LogP contribution in [0.2, 0.25) is 0 Å². The Morgan fingerprint density at radius 3 is 2.39 bits per heavy atom. The Kier molecular flexibility index (Phi) is 11.4. The van der Waals surface area contributed by atoms with Gasteiger partial charge in [-0.25, -0.2) is 13.1 Å². The number of allylic oxidation sites excluding steroid dienone is 1. The van der Waals surface area contributed by atoms with Crippen LogP contribution in [-0.4, -0.2) is 95.8 Å². The maximum Gasteiger partial charge on any atom is 0.274 e. The van der Waals surface area contributed by atoms with Gasteiger partial charge in [-0.3, -0.25) is 28.7 Å². The van der Waals surface area contributed by atoms with Crippen LogP contribution in [0.25, 0.3) is 10.8 Å². The summed E-state index contributed by atoms with van der Waals surface area (Å²) in [4.78, 5) is 74.0. The molecule has 2 saturated carbocycles. The van der Waals surface area contributed by atoms with Gasteiger partial charge in [-0.1, -0.05) is 38.1 Å². The van der Waals surface area contributed by atoms with Crippen LogP contribution >= 0.6 is 0 Å². The van der Waals surface area contributed by atoms with E-state index in [-0.39, 0.29) is 53.5 Å². The zero-order chi connectivity index (χ0) is 42.4. The molecule has 322 valence electrons. The summed E-state index contributed by atoms with van der Waals surface area (Å²) in [6, 6.07) is 11.8. The van der Waals surface area contributed by atoms with E-state index in [0.29, 0.717) is 42.0 Å². The first-order chi connectivity index (χ1) is 28.0. The molecule has 7 rings (SSSR count). The lowest BCUT2D eigenvalue weighted by atomic mass is 9.87. The minimum atomic E-state index is -4.02. The van der Waals surface area contributed by atoms with Crippen LogP contribution in [0.4, 0.5) is 5.69 Å². The molecular formula is C43H61N7O8S. The van der Waals surface area contributed by atoms with Gasteiger partial charge in [0.15, 0.2) is 0 Å². The van der Waals surface area contributed by atoms with Crippen LogP contribution < -0.4 is 30.6 Å². The van der Waals surface area contributed by atoms with Crippen molar-refractivity contribution in [2.24, 2.45) is 17.8 Å². The number of anilines is 1. The molecule has 2 aromatic carbocycles. The van der Waals surface area contributed by atoms with E-state index in [1.54, 1.807) is 50.2 Å². The van der Waals surface area contributed by atoms with Crippen LogP contribution in [-0.2, 0) is 31.0 Å². The second-order valence-corrected chi connectivity index (χ2v) is 19.5. The highest BCUT2D eigenvalue weighted by molar-refractivity contribution is 7.91.